The number of aliphatic carboxylic acids is 1. The highest BCUT2D eigenvalue weighted by Crippen LogP contribution is 2.39. The number of aliphatic hydroxyl groups is 12. The molecule has 0 spiro atoms. The van der Waals surface area contributed by atoms with Crippen LogP contribution in [0.5, 0.6) is 0 Å². The van der Waals surface area contributed by atoms with E-state index >= 15 is 0 Å². The molecule has 2 amide bonds. The number of carboxylic acid groups (broad SMARTS) is 1. The molecular formula is C33H55N5O24. The number of nitrogens with one attached hydrogen (secondary N) is 2. The normalized spacial score (nSPS) is 42.2. The van der Waals surface area contributed by atoms with Crippen LogP contribution in [0.1, 0.15) is 20.3 Å². The molecule has 4 rings (SSSR count). The summed E-state index contributed by atoms with van der Waals surface area (Å²) >= 11 is 0. The van der Waals surface area contributed by atoms with E-state index in [0.717, 1.165) is 13.8 Å². The van der Waals surface area contributed by atoms with Crippen LogP contribution in [0.2, 0.25) is 0 Å². The summed E-state index contributed by atoms with van der Waals surface area (Å²) in [6, 6.07) is -3.20. The highest BCUT2D eigenvalue weighted by Gasteiger charge is 2.61. The number of hydrogen-bond donors (Lipinski definition) is 15. The zero-order chi connectivity index (χ0) is 46.2. The summed E-state index contributed by atoms with van der Waals surface area (Å²) in [6.07, 6.45) is -36.5. The smallest absolute Gasteiger partial charge is 0.364 e. The van der Waals surface area contributed by atoms with Crippen molar-refractivity contribution in [2.45, 2.75) is 149 Å². The Morgan fingerprint density at radius 2 is 1.31 bits per heavy atom. The van der Waals surface area contributed by atoms with Crippen molar-refractivity contribution in [1.29, 1.82) is 0 Å². The lowest BCUT2D eigenvalue weighted by Gasteiger charge is -2.51. The van der Waals surface area contributed by atoms with Crippen molar-refractivity contribution in [3.8, 4) is 0 Å². The molecule has 21 atom stereocenters. The van der Waals surface area contributed by atoms with E-state index in [1.54, 1.807) is 0 Å². The van der Waals surface area contributed by atoms with E-state index in [1.807, 2.05) is 0 Å². The first kappa shape index (κ1) is 51.6. The monoisotopic (exact) mass is 905 g/mol. The van der Waals surface area contributed by atoms with E-state index in [0.29, 0.717) is 0 Å². The Bertz CT molecular complexity index is 1530. The highest BCUT2D eigenvalue weighted by atomic mass is 16.8. The minimum atomic E-state index is -3.16. The predicted molar refractivity (Wildman–Crippen MR) is 192 cm³/mol. The van der Waals surface area contributed by atoms with Gasteiger partial charge in [0.2, 0.25) is 11.8 Å². The van der Waals surface area contributed by atoms with Gasteiger partial charge in [-0.2, -0.15) is 0 Å². The summed E-state index contributed by atoms with van der Waals surface area (Å²) in [5.41, 5.74) is 8.71. The van der Waals surface area contributed by atoms with Gasteiger partial charge in [0.05, 0.1) is 45.2 Å². The Morgan fingerprint density at radius 1 is 0.758 bits per heavy atom. The molecular weight excluding hydrogens is 850 g/mol. The van der Waals surface area contributed by atoms with Crippen molar-refractivity contribution in [3.05, 3.63) is 10.4 Å². The molecule has 15 N–H and O–H groups in total. The molecule has 29 heteroatoms. The molecule has 356 valence electrons. The average Bonchev–Trinajstić information content (AvgIpc) is 3.23. The average molecular weight is 906 g/mol. The number of ether oxygens (including phenoxy) is 8. The SMILES string of the molecule is CC(=O)N[C@H]1[C@H](OCCN=[N+]=[N-])O[C@H](CO)[C@@H](O[C@@H]2O[C@H](CO)[C@H](O)[C@H](O[C@]3(C(=O)O)C[C@H](O)[C@@H](NC(C)=O)[C@H]([C@H](O)[C@H](O)CO)O3)[C@H]2O)[C@@H]1O[C@@H]1O[C@@H](CO)[C@@H](O)[C@@H](O)[C@@H]1O. The van der Waals surface area contributed by atoms with Gasteiger partial charge < -0.3 is 115 Å². The van der Waals surface area contributed by atoms with E-state index in [2.05, 4.69) is 20.7 Å². The molecule has 4 aliphatic rings. The van der Waals surface area contributed by atoms with Gasteiger partial charge in [-0.05, 0) is 5.53 Å². The Kier molecular flexibility index (Phi) is 18.9. The standard InChI is InChI=1S/C33H55N5O24/c1-10(43)36-17-12(45)5-33(32(53)54,61-26(17)19(47)13(46)6-39)62-28-21(49)15(8-41)57-31(24(28)52)59-25-16(9-42)58-29(55-4-3-35-38-34)18(37-11(2)44)27(25)60-30-23(51)22(50)20(48)14(7-40)56-30/h12-31,39-42,45-52H,3-9H2,1-2H3,(H,36,43)(H,37,44)(H,53,54)/t12-,13+,14-,15+,16+,17+,18+,19+,20+,21-,22+,23-,24+,25+,26+,27+,28-,29+,30-,31-,33-/m0/s1. The maximum Gasteiger partial charge on any atom is 0.364 e. The number of aliphatic hydroxyl groups excluding tert-OH is 12. The van der Waals surface area contributed by atoms with Crippen LogP contribution >= 0.6 is 0 Å². The molecule has 0 saturated carbocycles. The van der Waals surface area contributed by atoms with Crippen LogP contribution in [0.4, 0.5) is 0 Å². The third-order valence-electron chi connectivity index (χ3n) is 10.5. The first-order chi connectivity index (χ1) is 29.3. The van der Waals surface area contributed by atoms with Crippen LogP contribution in [0, 0.1) is 0 Å². The van der Waals surface area contributed by atoms with E-state index in [4.69, 9.17) is 43.4 Å². The molecule has 4 heterocycles. The Morgan fingerprint density at radius 3 is 1.85 bits per heavy atom. The van der Waals surface area contributed by atoms with Crippen LogP contribution in [-0.4, -0.2) is 252 Å². The van der Waals surface area contributed by atoms with Crippen LogP contribution in [0.15, 0.2) is 5.11 Å². The molecule has 4 fully saturated rings. The summed E-state index contributed by atoms with van der Waals surface area (Å²) in [7, 11) is 0. The minimum absolute atomic E-state index is 0.270. The molecule has 0 radical (unpaired) electrons. The largest absolute Gasteiger partial charge is 0.477 e. The zero-order valence-electron chi connectivity index (χ0n) is 33.1. The van der Waals surface area contributed by atoms with Gasteiger partial charge in [-0.25, -0.2) is 4.79 Å². The molecule has 0 aromatic heterocycles. The number of carbonyl (C=O) groups is 3. The van der Waals surface area contributed by atoms with Crippen LogP contribution in [-0.2, 0) is 52.3 Å². The fraction of sp³-hybridized carbons (Fsp3) is 0.909. The molecule has 0 bridgehead atoms. The number of carbonyl (C=O) groups excluding carboxylic acids is 2. The molecule has 0 unspecified atom stereocenters. The summed E-state index contributed by atoms with van der Waals surface area (Å²) in [5.74, 6) is -6.78. The van der Waals surface area contributed by atoms with Gasteiger partial charge in [0.25, 0.3) is 5.79 Å². The summed E-state index contributed by atoms with van der Waals surface area (Å²) in [4.78, 5) is 40.1. The predicted octanol–water partition coefficient (Wildman–Crippen LogP) is -8.92. The first-order valence-corrected chi connectivity index (χ1v) is 19.2. The Labute approximate surface area is 350 Å². The van der Waals surface area contributed by atoms with Crippen LogP contribution in [0.25, 0.3) is 10.4 Å². The number of hydrogen-bond acceptors (Lipinski definition) is 24. The van der Waals surface area contributed by atoms with Gasteiger partial charge in [-0.3, -0.25) is 9.59 Å². The summed E-state index contributed by atoms with van der Waals surface area (Å²) in [5, 5.41) is 146. The molecule has 4 aliphatic heterocycles. The third-order valence-corrected chi connectivity index (χ3v) is 10.5. The lowest BCUT2D eigenvalue weighted by Crippen LogP contribution is -2.71. The second-order valence-corrected chi connectivity index (χ2v) is 14.8. The lowest BCUT2D eigenvalue weighted by atomic mass is 9.88. The number of amides is 2. The van der Waals surface area contributed by atoms with Crippen molar-refractivity contribution in [2.24, 2.45) is 5.11 Å². The van der Waals surface area contributed by atoms with E-state index < -0.39 is 179 Å². The molecule has 4 saturated heterocycles. The quantitative estimate of drug-likeness (QED) is 0.0248. The number of carboxylic acids is 1. The van der Waals surface area contributed by atoms with Gasteiger partial charge in [0, 0.05) is 31.7 Å². The lowest BCUT2D eigenvalue weighted by molar-refractivity contribution is -0.391. The van der Waals surface area contributed by atoms with Gasteiger partial charge in [-0.1, -0.05) is 5.11 Å². The second-order valence-electron chi connectivity index (χ2n) is 14.8. The highest BCUT2D eigenvalue weighted by molar-refractivity contribution is 5.76. The van der Waals surface area contributed by atoms with E-state index in [9.17, 15) is 80.8 Å². The Hall–Kier alpha value is -3.08. The Balaban J connectivity index is 1.75. The van der Waals surface area contributed by atoms with Gasteiger partial charge in [-0.15, -0.1) is 0 Å². The fourth-order valence-electron chi connectivity index (χ4n) is 7.42. The summed E-state index contributed by atoms with van der Waals surface area (Å²) < 4.78 is 46.2. The molecule has 29 nitrogen and oxygen atoms in total. The topological polar surface area (TPSA) is 461 Å². The molecule has 0 aliphatic carbocycles. The molecule has 0 aromatic carbocycles. The summed E-state index contributed by atoms with van der Waals surface area (Å²) in [6.45, 7) is -2.66. The van der Waals surface area contributed by atoms with Gasteiger partial charge in [0.15, 0.2) is 18.9 Å². The van der Waals surface area contributed by atoms with Gasteiger partial charge >= 0.3 is 5.97 Å². The van der Waals surface area contributed by atoms with E-state index in [1.165, 1.54) is 0 Å². The van der Waals surface area contributed by atoms with Crippen molar-refractivity contribution >= 4 is 17.8 Å². The molecule has 62 heavy (non-hydrogen) atoms. The van der Waals surface area contributed by atoms with Crippen molar-refractivity contribution in [1.82, 2.24) is 10.6 Å². The van der Waals surface area contributed by atoms with Gasteiger partial charge in [0.1, 0.15) is 91.5 Å². The zero-order valence-corrected chi connectivity index (χ0v) is 33.1. The van der Waals surface area contributed by atoms with Crippen molar-refractivity contribution in [2.75, 3.05) is 39.6 Å². The number of nitrogens with zero attached hydrogens (tertiary/aromatic N) is 3. The molecule has 0 aromatic rings. The van der Waals surface area contributed by atoms with E-state index in [-0.39, 0.29) is 13.2 Å². The van der Waals surface area contributed by atoms with Crippen molar-refractivity contribution in [3.63, 3.8) is 0 Å². The fourth-order valence-corrected chi connectivity index (χ4v) is 7.42. The second kappa shape index (κ2) is 22.7. The number of rotatable bonds is 19. The first-order valence-electron chi connectivity index (χ1n) is 19.2. The maximum absolute atomic E-state index is 13.0. The minimum Gasteiger partial charge on any atom is -0.477 e. The third kappa shape index (κ3) is 11.6. The van der Waals surface area contributed by atoms with Crippen molar-refractivity contribution < 1.29 is 119 Å². The van der Waals surface area contributed by atoms with Crippen LogP contribution < -0.4 is 10.6 Å². The number of azide groups is 1. The maximum atomic E-state index is 13.0. The van der Waals surface area contributed by atoms with Crippen LogP contribution in [0.3, 0.4) is 0 Å².